The van der Waals surface area contributed by atoms with E-state index < -0.39 is 10.8 Å². The molecule has 0 radical (unpaired) electrons. The van der Waals surface area contributed by atoms with Crippen molar-refractivity contribution in [3.63, 3.8) is 0 Å². The van der Waals surface area contributed by atoms with Gasteiger partial charge in [0.15, 0.2) is 0 Å². The molecule has 1 unspecified atom stereocenters. The molecule has 0 amide bonds. The Bertz CT molecular complexity index is 301. The molecule has 0 spiro atoms. The lowest BCUT2D eigenvalue weighted by atomic mass is 10.4. The number of thiophene rings is 1. The Morgan fingerprint density at radius 1 is 1.57 bits per heavy atom. The van der Waals surface area contributed by atoms with Gasteiger partial charge in [0.05, 0.1) is 3.79 Å². The molecule has 0 bridgehead atoms. The lowest BCUT2D eigenvalue weighted by Crippen LogP contribution is -2.15. The van der Waals surface area contributed by atoms with Crippen molar-refractivity contribution in [1.82, 2.24) is 5.32 Å². The summed E-state index contributed by atoms with van der Waals surface area (Å²) >= 11 is 5.17. The van der Waals surface area contributed by atoms with E-state index in [2.05, 4.69) is 33.4 Å². The molecule has 5 heteroatoms. The van der Waals surface area contributed by atoms with E-state index in [4.69, 9.17) is 0 Å². The molecule has 0 saturated heterocycles. The van der Waals surface area contributed by atoms with Crippen LogP contribution in [0.3, 0.4) is 0 Å². The van der Waals surface area contributed by atoms with Crippen LogP contribution in [0, 0.1) is 0 Å². The standard InChI is InChI=1S/C9H14BrNOS2/c1-14(12)6-2-5-11-7-8-3-4-9(10)13-8/h3-4,11H,2,5-7H2,1H3. The summed E-state index contributed by atoms with van der Waals surface area (Å²) in [5.74, 6) is 0.793. The molecule has 1 N–H and O–H groups in total. The van der Waals surface area contributed by atoms with E-state index in [1.807, 2.05) is 0 Å². The maximum atomic E-state index is 10.8. The van der Waals surface area contributed by atoms with Crippen LogP contribution in [-0.2, 0) is 17.3 Å². The molecule has 0 aliphatic heterocycles. The van der Waals surface area contributed by atoms with E-state index in [-0.39, 0.29) is 0 Å². The summed E-state index contributed by atoms with van der Waals surface area (Å²) in [7, 11) is -0.654. The third kappa shape index (κ3) is 5.24. The maximum Gasteiger partial charge on any atom is 0.0701 e. The van der Waals surface area contributed by atoms with Gasteiger partial charge in [-0.05, 0) is 41.0 Å². The molecule has 1 heterocycles. The van der Waals surface area contributed by atoms with Crippen LogP contribution in [0.2, 0.25) is 0 Å². The smallest absolute Gasteiger partial charge is 0.0701 e. The monoisotopic (exact) mass is 295 g/mol. The van der Waals surface area contributed by atoms with E-state index >= 15 is 0 Å². The molecular weight excluding hydrogens is 282 g/mol. The Morgan fingerprint density at radius 3 is 2.93 bits per heavy atom. The van der Waals surface area contributed by atoms with Crippen molar-refractivity contribution in [2.45, 2.75) is 13.0 Å². The van der Waals surface area contributed by atoms with Crippen LogP contribution in [0.5, 0.6) is 0 Å². The van der Waals surface area contributed by atoms with Gasteiger partial charge in [0.1, 0.15) is 0 Å². The highest BCUT2D eigenvalue weighted by Gasteiger charge is 1.97. The minimum Gasteiger partial charge on any atom is -0.312 e. The Morgan fingerprint density at radius 2 is 2.36 bits per heavy atom. The number of nitrogens with one attached hydrogen (secondary N) is 1. The van der Waals surface area contributed by atoms with Gasteiger partial charge in [-0.1, -0.05) is 0 Å². The molecule has 1 aromatic heterocycles. The van der Waals surface area contributed by atoms with Gasteiger partial charge >= 0.3 is 0 Å². The van der Waals surface area contributed by atoms with Crippen molar-refractivity contribution in [1.29, 1.82) is 0 Å². The summed E-state index contributed by atoms with van der Waals surface area (Å²) < 4.78 is 11.9. The number of hydrogen-bond acceptors (Lipinski definition) is 3. The first-order valence-corrected chi connectivity index (χ1v) is 7.77. The molecule has 0 aliphatic rings. The van der Waals surface area contributed by atoms with E-state index in [1.165, 1.54) is 8.66 Å². The van der Waals surface area contributed by atoms with Gasteiger partial charge in [-0.2, -0.15) is 0 Å². The summed E-state index contributed by atoms with van der Waals surface area (Å²) in [4.78, 5) is 1.33. The van der Waals surface area contributed by atoms with E-state index in [1.54, 1.807) is 17.6 Å². The normalized spacial score (nSPS) is 13.0. The van der Waals surface area contributed by atoms with Crippen LogP contribution in [0.25, 0.3) is 0 Å². The van der Waals surface area contributed by atoms with Crippen LogP contribution in [0.1, 0.15) is 11.3 Å². The fourth-order valence-electron chi connectivity index (χ4n) is 1.06. The summed E-state index contributed by atoms with van der Waals surface area (Å²) in [6.07, 6.45) is 2.73. The highest BCUT2D eigenvalue weighted by molar-refractivity contribution is 9.11. The van der Waals surface area contributed by atoms with Crippen molar-refractivity contribution in [2.24, 2.45) is 0 Å². The summed E-state index contributed by atoms with van der Waals surface area (Å²) in [6, 6.07) is 4.17. The lowest BCUT2D eigenvalue weighted by Gasteiger charge is -2.01. The summed E-state index contributed by atoms with van der Waals surface area (Å²) in [6.45, 7) is 1.85. The Hall–Kier alpha value is 0.290. The quantitative estimate of drug-likeness (QED) is 0.817. The highest BCUT2D eigenvalue weighted by Crippen LogP contribution is 2.21. The molecule has 0 fully saturated rings. The third-order valence-corrected chi connectivity index (χ3v) is 4.20. The second kappa shape index (κ2) is 6.71. The van der Waals surface area contributed by atoms with Crippen LogP contribution in [-0.4, -0.2) is 22.8 Å². The van der Waals surface area contributed by atoms with Crippen LogP contribution in [0.4, 0.5) is 0 Å². The molecule has 1 atom stereocenters. The van der Waals surface area contributed by atoms with Crippen LogP contribution >= 0.6 is 27.3 Å². The molecule has 1 rings (SSSR count). The number of halogens is 1. The molecule has 0 saturated carbocycles. The Balaban J connectivity index is 2.07. The SMILES string of the molecule is CS(=O)CCCNCc1ccc(Br)s1. The Labute approximate surface area is 99.7 Å². The summed E-state index contributed by atoms with van der Waals surface area (Å²) in [5, 5.41) is 3.33. The molecular formula is C9H14BrNOS2. The predicted octanol–water partition coefficient (Wildman–Crippen LogP) is 2.37. The molecule has 14 heavy (non-hydrogen) atoms. The van der Waals surface area contributed by atoms with Crippen molar-refractivity contribution in [3.05, 3.63) is 20.8 Å². The van der Waals surface area contributed by atoms with Gasteiger partial charge in [0.2, 0.25) is 0 Å². The van der Waals surface area contributed by atoms with Gasteiger partial charge in [0.25, 0.3) is 0 Å². The maximum absolute atomic E-state index is 10.8. The zero-order chi connectivity index (χ0) is 10.4. The van der Waals surface area contributed by atoms with E-state index in [0.29, 0.717) is 0 Å². The third-order valence-electron chi connectivity index (χ3n) is 1.71. The number of hydrogen-bond donors (Lipinski definition) is 1. The zero-order valence-corrected chi connectivity index (χ0v) is 11.3. The first-order chi connectivity index (χ1) is 6.68. The van der Waals surface area contributed by atoms with Crippen molar-refractivity contribution >= 4 is 38.1 Å². The van der Waals surface area contributed by atoms with Crippen molar-refractivity contribution < 1.29 is 4.21 Å². The summed E-state index contributed by atoms with van der Waals surface area (Å²) in [5.41, 5.74) is 0. The molecule has 1 aromatic rings. The highest BCUT2D eigenvalue weighted by atomic mass is 79.9. The van der Waals surface area contributed by atoms with Gasteiger partial charge in [-0.15, -0.1) is 11.3 Å². The number of rotatable bonds is 6. The van der Waals surface area contributed by atoms with Crippen LogP contribution < -0.4 is 5.32 Å². The minimum atomic E-state index is -0.654. The largest absolute Gasteiger partial charge is 0.312 e. The van der Waals surface area contributed by atoms with Gasteiger partial charge in [0, 0.05) is 34.2 Å². The second-order valence-corrected chi connectivity index (χ2v) is 7.12. The van der Waals surface area contributed by atoms with Gasteiger partial charge in [-0.3, -0.25) is 4.21 Å². The lowest BCUT2D eigenvalue weighted by molar-refractivity contribution is 0.665. The average Bonchev–Trinajstić information content (AvgIpc) is 2.50. The van der Waals surface area contributed by atoms with E-state index in [0.717, 1.165) is 25.3 Å². The molecule has 2 nitrogen and oxygen atoms in total. The molecule has 0 aliphatic carbocycles. The fourth-order valence-corrected chi connectivity index (χ4v) is 3.06. The predicted molar refractivity (Wildman–Crippen MR) is 67.3 cm³/mol. The zero-order valence-electron chi connectivity index (χ0n) is 8.09. The fraction of sp³-hybridized carbons (Fsp3) is 0.556. The first-order valence-electron chi connectivity index (χ1n) is 4.43. The topological polar surface area (TPSA) is 29.1 Å². The van der Waals surface area contributed by atoms with E-state index in [9.17, 15) is 4.21 Å². The average molecular weight is 296 g/mol. The first kappa shape index (κ1) is 12.4. The Kier molecular flexibility index (Phi) is 5.93. The van der Waals surface area contributed by atoms with Crippen molar-refractivity contribution in [2.75, 3.05) is 18.6 Å². The molecule has 0 aromatic carbocycles. The minimum absolute atomic E-state index is 0.654. The van der Waals surface area contributed by atoms with Crippen LogP contribution in [0.15, 0.2) is 15.9 Å². The second-order valence-electron chi connectivity index (χ2n) is 3.01. The van der Waals surface area contributed by atoms with Gasteiger partial charge < -0.3 is 5.32 Å². The van der Waals surface area contributed by atoms with Gasteiger partial charge in [-0.25, -0.2) is 0 Å². The van der Waals surface area contributed by atoms with Crippen molar-refractivity contribution in [3.8, 4) is 0 Å². The molecule has 80 valence electrons.